The maximum absolute atomic E-state index is 12.8. The van der Waals surface area contributed by atoms with Gasteiger partial charge in [-0.1, -0.05) is 0 Å². The van der Waals surface area contributed by atoms with E-state index in [2.05, 4.69) is 10.5 Å². The van der Waals surface area contributed by atoms with Gasteiger partial charge in [-0.25, -0.2) is 5.43 Å². The number of hydrogen-bond acceptors (Lipinski definition) is 7. The van der Waals surface area contributed by atoms with Crippen LogP contribution < -0.4 is 29.1 Å². The van der Waals surface area contributed by atoms with Gasteiger partial charge in [0.05, 0.1) is 25.5 Å². The first kappa shape index (κ1) is 22.3. The van der Waals surface area contributed by atoms with Crippen molar-refractivity contribution in [3.8, 4) is 28.7 Å². The third-order valence-electron chi connectivity index (χ3n) is 4.46. The molecule has 166 valence electrons. The van der Waals surface area contributed by atoms with Crippen LogP contribution in [0.2, 0.25) is 0 Å². The maximum atomic E-state index is 12.8. The Balaban J connectivity index is 1.81. The smallest absolute Gasteiger partial charge is 0.271 e. The summed E-state index contributed by atoms with van der Waals surface area (Å²) in [6.45, 7) is 9.76. The molecule has 0 aliphatic carbocycles. The molecule has 8 nitrogen and oxygen atoms in total. The molecule has 1 heterocycles. The monoisotopic (exact) mass is 428 g/mol. The van der Waals surface area contributed by atoms with E-state index < -0.39 is 0 Å². The third-order valence-corrected chi connectivity index (χ3v) is 4.46. The van der Waals surface area contributed by atoms with Gasteiger partial charge in [-0.15, -0.1) is 0 Å². The highest BCUT2D eigenvalue weighted by molar-refractivity contribution is 6.01. The molecular weight excluding hydrogens is 400 g/mol. The number of nitrogens with zero attached hydrogens (tertiary/aromatic N) is 1. The first-order valence-electron chi connectivity index (χ1n) is 10.4. The van der Waals surface area contributed by atoms with Gasteiger partial charge in [0.1, 0.15) is 13.2 Å². The van der Waals surface area contributed by atoms with Crippen molar-refractivity contribution in [1.29, 1.82) is 0 Å². The van der Waals surface area contributed by atoms with Crippen molar-refractivity contribution in [2.75, 3.05) is 33.0 Å². The van der Waals surface area contributed by atoms with Crippen LogP contribution in [0.1, 0.15) is 43.6 Å². The van der Waals surface area contributed by atoms with Crippen molar-refractivity contribution in [2.45, 2.75) is 27.7 Å². The molecule has 2 aromatic carbocycles. The van der Waals surface area contributed by atoms with Gasteiger partial charge in [-0.3, -0.25) is 4.79 Å². The Labute approximate surface area is 182 Å². The number of hydrazone groups is 1. The summed E-state index contributed by atoms with van der Waals surface area (Å²) in [4.78, 5) is 12.8. The molecule has 1 aliphatic heterocycles. The second kappa shape index (κ2) is 10.6. The number of benzene rings is 2. The number of hydrogen-bond donors (Lipinski definition) is 1. The van der Waals surface area contributed by atoms with Crippen LogP contribution in [0.4, 0.5) is 0 Å². The van der Waals surface area contributed by atoms with Crippen molar-refractivity contribution >= 4 is 11.6 Å². The molecule has 0 saturated carbocycles. The van der Waals surface area contributed by atoms with Gasteiger partial charge in [-0.2, -0.15) is 5.10 Å². The molecule has 0 saturated heterocycles. The Bertz CT molecular complexity index is 930. The average molecular weight is 428 g/mol. The molecule has 2 aromatic rings. The number of carbonyl (C=O) groups is 1. The zero-order valence-corrected chi connectivity index (χ0v) is 18.3. The quantitative estimate of drug-likeness (QED) is 0.483. The average Bonchev–Trinajstić information content (AvgIpc) is 2.79. The Morgan fingerprint density at radius 1 is 0.903 bits per heavy atom. The molecule has 0 spiro atoms. The summed E-state index contributed by atoms with van der Waals surface area (Å²) in [5, 5.41) is 4.24. The van der Waals surface area contributed by atoms with Crippen LogP contribution >= 0.6 is 0 Å². The predicted octanol–water partition coefficient (Wildman–Crippen LogP) is 3.81. The molecule has 0 bridgehead atoms. The first-order valence-corrected chi connectivity index (χ1v) is 10.4. The number of ether oxygens (including phenoxy) is 5. The fraction of sp³-hybridized carbons (Fsp3) is 0.391. The Morgan fingerprint density at radius 3 is 2.13 bits per heavy atom. The molecule has 0 fully saturated rings. The lowest BCUT2D eigenvalue weighted by atomic mass is 10.1. The van der Waals surface area contributed by atoms with Crippen molar-refractivity contribution in [3.05, 3.63) is 41.5 Å². The number of nitrogens with one attached hydrogen (secondary N) is 1. The van der Waals surface area contributed by atoms with Crippen molar-refractivity contribution in [2.24, 2.45) is 5.10 Å². The molecule has 1 amide bonds. The number of fused-ring (bicyclic) bond motifs is 1. The lowest BCUT2D eigenvalue weighted by Crippen LogP contribution is -2.20. The minimum atomic E-state index is -0.387. The van der Waals surface area contributed by atoms with Crippen LogP contribution in [0.15, 0.2) is 35.4 Å². The SMILES string of the molecule is CCOc1cc(C(=O)N/N=C(\C)c2ccc3c(c2)OCCO3)cc(OCC)c1OCC. The van der Waals surface area contributed by atoms with E-state index in [4.69, 9.17) is 23.7 Å². The Morgan fingerprint density at radius 2 is 1.52 bits per heavy atom. The molecule has 1 aliphatic rings. The van der Waals surface area contributed by atoms with Crippen LogP contribution in [0, 0.1) is 0 Å². The summed E-state index contributed by atoms with van der Waals surface area (Å²) in [7, 11) is 0. The molecular formula is C23H28N2O6. The zero-order chi connectivity index (χ0) is 22.2. The van der Waals surface area contributed by atoms with Gasteiger partial charge < -0.3 is 23.7 Å². The lowest BCUT2D eigenvalue weighted by Gasteiger charge is -2.18. The van der Waals surface area contributed by atoms with E-state index in [1.807, 2.05) is 39.0 Å². The van der Waals surface area contributed by atoms with Gasteiger partial charge in [-0.05, 0) is 58.0 Å². The summed E-state index contributed by atoms with van der Waals surface area (Å²) in [5.74, 6) is 2.37. The zero-order valence-electron chi connectivity index (χ0n) is 18.3. The Kier molecular flexibility index (Phi) is 7.59. The summed E-state index contributed by atoms with van der Waals surface area (Å²) in [6, 6.07) is 8.80. The van der Waals surface area contributed by atoms with Crippen LogP contribution in [-0.2, 0) is 0 Å². The highest BCUT2D eigenvalue weighted by Gasteiger charge is 2.18. The number of amides is 1. The molecule has 0 aromatic heterocycles. The fourth-order valence-corrected chi connectivity index (χ4v) is 3.05. The largest absolute Gasteiger partial charge is 0.490 e. The highest BCUT2D eigenvalue weighted by atomic mass is 16.6. The van der Waals surface area contributed by atoms with Gasteiger partial charge in [0, 0.05) is 11.1 Å². The molecule has 0 radical (unpaired) electrons. The standard InChI is InChI=1S/C23H28N2O6/c1-5-27-20-13-17(14-21(28-6-2)22(20)29-7-3)23(26)25-24-15(4)16-8-9-18-19(12-16)31-11-10-30-18/h8-9,12-14H,5-7,10-11H2,1-4H3,(H,25,26)/b24-15+. The minimum absolute atomic E-state index is 0.356. The third kappa shape index (κ3) is 5.39. The van der Waals surface area contributed by atoms with Gasteiger partial charge in [0.2, 0.25) is 5.75 Å². The predicted molar refractivity (Wildman–Crippen MR) is 117 cm³/mol. The number of carbonyl (C=O) groups excluding carboxylic acids is 1. The summed E-state index contributed by atoms with van der Waals surface area (Å²) in [5.41, 5.74) is 4.40. The number of rotatable bonds is 9. The highest BCUT2D eigenvalue weighted by Crippen LogP contribution is 2.39. The molecule has 0 atom stereocenters. The molecule has 3 rings (SSSR count). The van der Waals surface area contributed by atoms with Crippen LogP contribution in [-0.4, -0.2) is 44.7 Å². The van der Waals surface area contributed by atoms with Gasteiger partial charge in [0.25, 0.3) is 5.91 Å². The summed E-state index contributed by atoms with van der Waals surface area (Å²) < 4.78 is 28.2. The van der Waals surface area contributed by atoms with Gasteiger partial charge in [0.15, 0.2) is 23.0 Å². The second-order valence-corrected chi connectivity index (χ2v) is 6.60. The Hall–Kier alpha value is -3.42. The minimum Gasteiger partial charge on any atom is -0.490 e. The first-order chi connectivity index (χ1) is 15.1. The summed E-state index contributed by atoms with van der Waals surface area (Å²) in [6.07, 6.45) is 0. The fourth-order valence-electron chi connectivity index (χ4n) is 3.05. The lowest BCUT2D eigenvalue weighted by molar-refractivity contribution is 0.0953. The molecule has 1 N–H and O–H groups in total. The van der Waals surface area contributed by atoms with E-state index in [1.165, 1.54) is 0 Å². The van der Waals surface area contributed by atoms with Crippen LogP contribution in [0.3, 0.4) is 0 Å². The van der Waals surface area contributed by atoms with E-state index in [0.29, 0.717) is 73.1 Å². The van der Waals surface area contributed by atoms with Crippen molar-refractivity contribution < 1.29 is 28.5 Å². The van der Waals surface area contributed by atoms with Crippen LogP contribution in [0.5, 0.6) is 28.7 Å². The molecule has 8 heteroatoms. The second-order valence-electron chi connectivity index (χ2n) is 6.60. The normalized spacial score (nSPS) is 12.8. The molecule has 31 heavy (non-hydrogen) atoms. The van der Waals surface area contributed by atoms with Crippen molar-refractivity contribution in [1.82, 2.24) is 5.43 Å². The van der Waals surface area contributed by atoms with E-state index in [0.717, 1.165) is 5.56 Å². The van der Waals surface area contributed by atoms with E-state index in [1.54, 1.807) is 19.1 Å². The van der Waals surface area contributed by atoms with Crippen LogP contribution in [0.25, 0.3) is 0 Å². The van der Waals surface area contributed by atoms with Gasteiger partial charge >= 0.3 is 0 Å². The topological polar surface area (TPSA) is 87.6 Å². The maximum Gasteiger partial charge on any atom is 0.271 e. The summed E-state index contributed by atoms with van der Waals surface area (Å²) >= 11 is 0. The van der Waals surface area contributed by atoms with E-state index in [-0.39, 0.29) is 5.91 Å². The van der Waals surface area contributed by atoms with Crippen molar-refractivity contribution in [3.63, 3.8) is 0 Å². The van der Waals surface area contributed by atoms with E-state index >= 15 is 0 Å². The van der Waals surface area contributed by atoms with E-state index in [9.17, 15) is 4.79 Å². The molecule has 0 unspecified atom stereocenters.